The zero-order valence-corrected chi connectivity index (χ0v) is 17.5. The largest absolute Gasteiger partial charge is 0.300 e. The molecular weight excluding hydrogens is 411 g/mol. The van der Waals surface area contributed by atoms with Crippen molar-refractivity contribution in [2.24, 2.45) is 40.4 Å². The number of hydrogen-bond donors (Lipinski definition) is 0. The average Bonchev–Trinajstić information content (AvgIpc) is 2.84. The van der Waals surface area contributed by atoms with E-state index in [0.717, 1.165) is 16.3 Å². The van der Waals surface area contributed by atoms with Crippen molar-refractivity contribution in [2.75, 3.05) is 0 Å². The van der Waals surface area contributed by atoms with Crippen LogP contribution in [-0.2, 0) is 9.59 Å². The Hall–Kier alpha value is 0.0700. The molecule has 0 aliphatic heterocycles. The number of alkyl halides is 1. The number of carbonyl (C=O) groups excluding carboxylic acids is 2. The third kappa shape index (κ3) is 2.31. The lowest BCUT2D eigenvalue weighted by atomic mass is 9.44. The maximum atomic E-state index is 13.4. The molecule has 4 rings (SSSR count). The molecule has 0 aromatic carbocycles. The van der Waals surface area contributed by atoms with E-state index in [9.17, 15) is 9.59 Å². The molecule has 8 atom stereocenters. The van der Waals surface area contributed by atoms with Crippen LogP contribution in [0.4, 0.5) is 0 Å². The molecule has 0 spiro atoms. The van der Waals surface area contributed by atoms with Crippen LogP contribution < -0.4 is 0 Å². The zero-order valence-electron chi connectivity index (χ0n) is 15.3. The monoisotopic (exact) mass is 442 g/mol. The first-order valence-electron chi connectivity index (χ1n) is 9.94. The number of Topliss-reactive ketones (excluding diaryl/α,β-unsaturated/α-hetero) is 2. The van der Waals surface area contributed by atoms with E-state index in [0.29, 0.717) is 29.8 Å². The second-order valence-electron chi connectivity index (χ2n) is 9.79. The van der Waals surface area contributed by atoms with E-state index in [4.69, 9.17) is 0 Å². The highest BCUT2D eigenvalue weighted by atomic mass is 127. The summed E-state index contributed by atoms with van der Waals surface area (Å²) in [6, 6.07) is 0. The van der Waals surface area contributed by atoms with Gasteiger partial charge in [0.1, 0.15) is 11.6 Å². The van der Waals surface area contributed by atoms with Gasteiger partial charge >= 0.3 is 0 Å². The van der Waals surface area contributed by atoms with Gasteiger partial charge in [-0.3, -0.25) is 9.59 Å². The molecular formula is C21H31IO2. The minimum atomic E-state index is -0.0479. The van der Waals surface area contributed by atoms with E-state index < -0.39 is 0 Å². The summed E-state index contributed by atoms with van der Waals surface area (Å²) in [5.74, 6) is 3.12. The summed E-state index contributed by atoms with van der Waals surface area (Å²) in [6.07, 6.45) is 9.21. The fourth-order valence-corrected chi connectivity index (χ4v) is 8.61. The van der Waals surface area contributed by atoms with Gasteiger partial charge in [-0.15, -0.1) is 0 Å². The lowest BCUT2D eigenvalue weighted by Crippen LogP contribution is -2.57. The smallest absolute Gasteiger partial charge is 0.137 e. The fourth-order valence-electron chi connectivity index (χ4n) is 7.69. The number of halogens is 1. The summed E-state index contributed by atoms with van der Waals surface area (Å²) in [5.41, 5.74) is 0.186. The van der Waals surface area contributed by atoms with Crippen LogP contribution in [0.15, 0.2) is 0 Å². The molecule has 134 valence electrons. The molecule has 24 heavy (non-hydrogen) atoms. The second-order valence-corrected chi connectivity index (χ2v) is 11.6. The molecule has 0 heterocycles. The van der Waals surface area contributed by atoms with Crippen molar-refractivity contribution in [3.05, 3.63) is 0 Å². The van der Waals surface area contributed by atoms with E-state index in [1.165, 1.54) is 38.5 Å². The molecule has 4 aliphatic carbocycles. The Morgan fingerprint density at radius 3 is 2.54 bits per heavy atom. The van der Waals surface area contributed by atoms with Gasteiger partial charge in [-0.05, 0) is 80.5 Å². The first-order chi connectivity index (χ1) is 11.3. The van der Waals surface area contributed by atoms with Crippen LogP contribution >= 0.6 is 22.6 Å². The second kappa shape index (κ2) is 5.79. The van der Waals surface area contributed by atoms with Crippen LogP contribution in [-0.4, -0.2) is 15.5 Å². The molecule has 0 aromatic heterocycles. The Kier molecular flexibility index (Phi) is 4.21. The molecule has 0 N–H and O–H groups in total. The van der Waals surface area contributed by atoms with Gasteiger partial charge in [0, 0.05) is 22.2 Å². The number of rotatable bonds is 1. The van der Waals surface area contributed by atoms with E-state index in [1.54, 1.807) is 6.92 Å². The van der Waals surface area contributed by atoms with Crippen molar-refractivity contribution < 1.29 is 9.59 Å². The molecule has 0 aromatic rings. The third-order valence-corrected chi connectivity index (χ3v) is 9.91. The molecule has 0 saturated heterocycles. The Morgan fingerprint density at radius 2 is 1.83 bits per heavy atom. The number of hydrogen-bond acceptors (Lipinski definition) is 2. The van der Waals surface area contributed by atoms with Crippen molar-refractivity contribution in [3.63, 3.8) is 0 Å². The summed E-state index contributed by atoms with van der Waals surface area (Å²) in [4.78, 5) is 25.6. The van der Waals surface area contributed by atoms with Crippen LogP contribution in [0, 0.1) is 40.4 Å². The van der Waals surface area contributed by atoms with Crippen molar-refractivity contribution >= 4 is 34.2 Å². The van der Waals surface area contributed by atoms with Gasteiger partial charge in [-0.2, -0.15) is 0 Å². The first kappa shape index (κ1) is 17.5. The SMILES string of the molecule is CC(=O)[C@H]1CCC2C3CCC4CC(I)CC[C@]4(C)C3C(=O)C[C@@]21C. The summed E-state index contributed by atoms with van der Waals surface area (Å²) < 4.78 is 0.801. The predicted octanol–water partition coefficient (Wildman–Crippen LogP) is 5.22. The highest BCUT2D eigenvalue weighted by Crippen LogP contribution is 2.66. The van der Waals surface area contributed by atoms with Gasteiger partial charge in [0.2, 0.25) is 0 Å². The normalized spacial score (nSPS) is 53.9. The highest BCUT2D eigenvalue weighted by molar-refractivity contribution is 14.1. The lowest BCUT2D eigenvalue weighted by molar-refractivity contribution is -0.158. The molecule has 4 aliphatic rings. The van der Waals surface area contributed by atoms with Crippen LogP contribution in [0.5, 0.6) is 0 Å². The minimum absolute atomic E-state index is 0.0479. The van der Waals surface area contributed by atoms with Crippen molar-refractivity contribution in [3.8, 4) is 0 Å². The van der Waals surface area contributed by atoms with E-state index in [1.807, 2.05) is 0 Å². The molecule has 3 heteroatoms. The molecule has 4 saturated carbocycles. The van der Waals surface area contributed by atoms with Gasteiger partial charge in [-0.1, -0.05) is 36.4 Å². The van der Waals surface area contributed by atoms with E-state index in [2.05, 4.69) is 36.4 Å². The number of fused-ring (bicyclic) bond motifs is 5. The molecule has 0 radical (unpaired) electrons. The Labute approximate surface area is 160 Å². The van der Waals surface area contributed by atoms with E-state index >= 15 is 0 Å². The van der Waals surface area contributed by atoms with Gasteiger partial charge < -0.3 is 0 Å². The van der Waals surface area contributed by atoms with Crippen molar-refractivity contribution in [2.45, 2.75) is 76.1 Å². The van der Waals surface area contributed by atoms with Crippen LogP contribution in [0.3, 0.4) is 0 Å². The van der Waals surface area contributed by atoms with Crippen molar-refractivity contribution in [1.29, 1.82) is 0 Å². The standard InChI is InChI=1S/C21H31IO2/c1-12(23)16-6-7-17-15-5-4-13-10-14(22)8-9-20(13,2)19(15)18(24)11-21(16,17)3/h13-17,19H,4-11H2,1-3H3/t13?,14?,15?,16-,17?,19?,20+,21-/m1/s1. The van der Waals surface area contributed by atoms with Gasteiger partial charge in [0.25, 0.3) is 0 Å². The number of ketones is 2. The molecule has 2 nitrogen and oxygen atoms in total. The maximum Gasteiger partial charge on any atom is 0.137 e. The van der Waals surface area contributed by atoms with Crippen LogP contribution in [0.25, 0.3) is 0 Å². The maximum absolute atomic E-state index is 13.4. The minimum Gasteiger partial charge on any atom is -0.300 e. The predicted molar refractivity (Wildman–Crippen MR) is 104 cm³/mol. The Morgan fingerprint density at radius 1 is 1.08 bits per heavy atom. The van der Waals surface area contributed by atoms with Gasteiger partial charge in [-0.25, -0.2) is 0 Å². The van der Waals surface area contributed by atoms with Crippen LogP contribution in [0.1, 0.15) is 72.1 Å². The van der Waals surface area contributed by atoms with Crippen molar-refractivity contribution in [1.82, 2.24) is 0 Å². The molecule has 4 fully saturated rings. The van der Waals surface area contributed by atoms with E-state index in [-0.39, 0.29) is 22.7 Å². The molecule has 0 amide bonds. The Balaban J connectivity index is 1.68. The quantitative estimate of drug-likeness (QED) is 0.412. The Bertz CT molecular complexity index is 572. The highest BCUT2D eigenvalue weighted by Gasteiger charge is 2.63. The summed E-state index contributed by atoms with van der Waals surface area (Å²) in [7, 11) is 0. The summed E-state index contributed by atoms with van der Waals surface area (Å²) in [5, 5.41) is 0. The summed E-state index contributed by atoms with van der Waals surface area (Å²) in [6.45, 7) is 6.45. The molecule has 5 unspecified atom stereocenters. The first-order valence-corrected chi connectivity index (χ1v) is 11.2. The fraction of sp³-hybridized carbons (Fsp3) is 0.905. The number of carbonyl (C=O) groups is 2. The topological polar surface area (TPSA) is 34.1 Å². The van der Waals surface area contributed by atoms with Gasteiger partial charge in [0.15, 0.2) is 0 Å². The zero-order chi connectivity index (χ0) is 17.3. The molecule has 0 bridgehead atoms. The van der Waals surface area contributed by atoms with Gasteiger partial charge in [0.05, 0.1) is 0 Å². The lowest BCUT2D eigenvalue weighted by Gasteiger charge is -2.59. The average molecular weight is 442 g/mol. The van der Waals surface area contributed by atoms with Crippen LogP contribution in [0.2, 0.25) is 0 Å². The summed E-state index contributed by atoms with van der Waals surface area (Å²) >= 11 is 2.62. The third-order valence-electron chi connectivity index (χ3n) is 8.78.